The molecule has 4 aromatic carbocycles. The second-order valence-corrected chi connectivity index (χ2v) is 18.7. The minimum Gasteiger partial charge on any atom is -0.314 e. The molecule has 0 aromatic heterocycles. The third-order valence-electron chi connectivity index (χ3n) is 10.9. The lowest BCUT2D eigenvalue weighted by molar-refractivity contribution is 0.575. The normalized spacial score (nSPS) is 30.7. The van der Waals surface area contributed by atoms with Gasteiger partial charge in [-0.15, -0.1) is 0 Å². The molecule has 4 atom stereocenters. The molecule has 8 rings (SSSR count). The lowest BCUT2D eigenvalue weighted by Crippen LogP contribution is -2.20. The maximum atomic E-state index is 16.0. The number of benzene rings is 4. The highest BCUT2D eigenvalue weighted by Crippen LogP contribution is 2.92. The van der Waals surface area contributed by atoms with Gasteiger partial charge in [-0.25, -0.2) is 0 Å². The Balaban J connectivity index is 1.41. The fraction of sp³-hybridized carbons (Fsp3) is 0.200. The molecular formula is C40H36O2P2. The van der Waals surface area contributed by atoms with Crippen molar-refractivity contribution in [3.63, 3.8) is 0 Å². The zero-order valence-corrected chi connectivity index (χ0v) is 27.5. The van der Waals surface area contributed by atoms with Crippen LogP contribution in [0.5, 0.6) is 0 Å². The van der Waals surface area contributed by atoms with E-state index in [-0.39, 0.29) is 0 Å². The van der Waals surface area contributed by atoms with E-state index >= 15 is 9.13 Å². The zero-order chi connectivity index (χ0) is 30.5. The van der Waals surface area contributed by atoms with Crippen molar-refractivity contribution >= 4 is 36.1 Å². The summed E-state index contributed by atoms with van der Waals surface area (Å²) in [6.07, 6.45) is 1.11. The molecule has 0 unspecified atom stereocenters. The number of hydrogen-bond donors (Lipinski definition) is 0. The molecule has 0 amide bonds. The van der Waals surface area contributed by atoms with Gasteiger partial charge >= 0.3 is 0 Å². The van der Waals surface area contributed by atoms with Gasteiger partial charge in [0.25, 0.3) is 0 Å². The van der Waals surface area contributed by atoms with Gasteiger partial charge in [0.1, 0.15) is 14.3 Å². The predicted octanol–water partition coefficient (Wildman–Crippen LogP) is 11.5. The molecule has 4 aliphatic rings. The topological polar surface area (TPSA) is 34.1 Å². The zero-order valence-electron chi connectivity index (χ0n) is 25.7. The summed E-state index contributed by atoms with van der Waals surface area (Å²) in [5.74, 6) is 0. The van der Waals surface area contributed by atoms with Crippen LogP contribution in [0, 0.1) is 10.8 Å². The molecule has 4 aliphatic heterocycles. The van der Waals surface area contributed by atoms with Gasteiger partial charge in [0, 0.05) is 44.4 Å². The second-order valence-electron chi connectivity index (χ2n) is 13.3. The van der Waals surface area contributed by atoms with Gasteiger partial charge in [-0.05, 0) is 47.2 Å². The molecule has 4 aromatic rings. The fourth-order valence-corrected chi connectivity index (χ4v) is 18.7. The van der Waals surface area contributed by atoms with Crippen molar-refractivity contribution in [3.05, 3.63) is 165 Å². The minimum atomic E-state index is -3.15. The Morgan fingerprint density at radius 1 is 0.432 bits per heavy atom. The Labute approximate surface area is 260 Å². The maximum absolute atomic E-state index is 16.0. The summed E-state index contributed by atoms with van der Waals surface area (Å²) < 4.78 is 32.1. The van der Waals surface area contributed by atoms with Crippen molar-refractivity contribution in [3.8, 4) is 0 Å². The molecule has 4 bridgehead atoms. The van der Waals surface area contributed by atoms with Crippen molar-refractivity contribution in [1.29, 1.82) is 0 Å². The standard InChI is InChI=1S/C40H36O2P2/c1-27-35(43(41)25-39(27,3)33(29-17-9-5-10-18-29)37(43)31-21-13-7-14-22-31)36-28(2)40(4)26-44(36,42)38(32-23-15-8-16-24-32)34(40)30-19-11-6-12-20-30/h5-24H,25-26H2,1-4H3/t39-,40-,43-,44-/m0/s1. The SMILES string of the molecule is CC1=C(C2=C(C)[C@]3(C)C[P@@]2(=O)C(c2ccccc2)=C3c2ccccc2)[P@@]2(=O)C[C@]1(C)C(c1ccccc1)=C2c1ccccc1. The van der Waals surface area contributed by atoms with Crippen molar-refractivity contribution in [1.82, 2.24) is 0 Å². The summed E-state index contributed by atoms with van der Waals surface area (Å²) in [6.45, 7) is 8.88. The molecule has 4 heterocycles. The maximum Gasteiger partial charge on any atom is 0.146 e. The van der Waals surface area contributed by atoms with E-state index < -0.39 is 25.1 Å². The van der Waals surface area contributed by atoms with Crippen LogP contribution >= 0.6 is 14.3 Å². The van der Waals surface area contributed by atoms with E-state index in [1.807, 2.05) is 48.5 Å². The van der Waals surface area contributed by atoms with Gasteiger partial charge in [-0.2, -0.15) is 0 Å². The summed E-state index contributed by atoms with van der Waals surface area (Å²) in [5.41, 5.74) is 8.06. The van der Waals surface area contributed by atoms with Gasteiger partial charge in [0.15, 0.2) is 0 Å². The van der Waals surface area contributed by atoms with Crippen LogP contribution in [-0.2, 0) is 9.13 Å². The van der Waals surface area contributed by atoms with Crippen LogP contribution in [0.1, 0.15) is 49.9 Å². The highest BCUT2D eigenvalue weighted by Gasteiger charge is 2.66. The van der Waals surface area contributed by atoms with Crippen LogP contribution in [0.25, 0.3) is 21.8 Å². The Kier molecular flexibility index (Phi) is 5.95. The van der Waals surface area contributed by atoms with E-state index in [2.05, 4.69) is 100 Å². The number of hydrogen-bond acceptors (Lipinski definition) is 2. The average Bonchev–Trinajstić information content (AvgIpc) is 3.60. The molecule has 0 N–H and O–H groups in total. The van der Waals surface area contributed by atoms with Gasteiger partial charge in [0.05, 0.1) is 0 Å². The highest BCUT2D eigenvalue weighted by molar-refractivity contribution is 7.85. The Hall–Kier alpha value is -3.70. The predicted molar refractivity (Wildman–Crippen MR) is 186 cm³/mol. The second kappa shape index (κ2) is 9.40. The Bertz CT molecular complexity index is 1930. The molecule has 0 aliphatic carbocycles. The highest BCUT2D eigenvalue weighted by atomic mass is 31.2. The molecular weight excluding hydrogens is 574 g/mol. The van der Waals surface area contributed by atoms with Crippen LogP contribution in [-0.4, -0.2) is 12.3 Å². The number of allylic oxidation sites excluding steroid dienone is 6. The third kappa shape index (κ3) is 3.45. The monoisotopic (exact) mass is 610 g/mol. The number of fused-ring (bicyclic) bond motifs is 4. The van der Waals surface area contributed by atoms with Gasteiger partial charge in [0.2, 0.25) is 0 Å². The van der Waals surface area contributed by atoms with Gasteiger partial charge < -0.3 is 9.13 Å². The van der Waals surface area contributed by atoms with E-state index in [0.29, 0.717) is 12.3 Å². The quantitative estimate of drug-likeness (QED) is 0.211. The van der Waals surface area contributed by atoms with E-state index in [9.17, 15) is 0 Å². The summed E-state index contributed by atoms with van der Waals surface area (Å²) in [6, 6.07) is 41.5. The van der Waals surface area contributed by atoms with E-state index in [0.717, 1.165) is 54.7 Å². The molecule has 0 radical (unpaired) electrons. The van der Waals surface area contributed by atoms with Crippen molar-refractivity contribution in [2.45, 2.75) is 27.7 Å². The smallest absolute Gasteiger partial charge is 0.146 e. The molecule has 0 spiro atoms. The molecule has 4 heteroatoms. The largest absolute Gasteiger partial charge is 0.314 e. The molecule has 44 heavy (non-hydrogen) atoms. The first-order valence-electron chi connectivity index (χ1n) is 15.5. The van der Waals surface area contributed by atoms with E-state index in [1.54, 1.807) is 0 Å². The van der Waals surface area contributed by atoms with Crippen molar-refractivity contribution in [2.24, 2.45) is 10.8 Å². The van der Waals surface area contributed by atoms with E-state index in [4.69, 9.17) is 0 Å². The molecule has 0 fully saturated rings. The minimum absolute atomic E-state index is 0.410. The van der Waals surface area contributed by atoms with Crippen LogP contribution in [0.3, 0.4) is 0 Å². The molecule has 218 valence electrons. The first-order chi connectivity index (χ1) is 21.1. The lowest BCUT2D eigenvalue weighted by Gasteiger charge is -2.35. The molecule has 2 nitrogen and oxygen atoms in total. The summed E-state index contributed by atoms with van der Waals surface area (Å²) >= 11 is 0. The van der Waals surface area contributed by atoms with Crippen LogP contribution in [0.2, 0.25) is 0 Å². The molecule has 0 saturated heterocycles. The van der Waals surface area contributed by atoms with Crippen LogP contribution in [0.4, 0.5) is 0 Å². The van der Waals surface area contributed by atoms with Crippen molar-refractivity contribution < 1.29 is 9.13 Å². The third-order valence-corrected chi connectivity index (χ3v) is 18.2. The fourth-order valence-electron chi connectivity index (χ4n) is 8.86. The summed E-state index contributed by atoms with van der Waals surface area (Å²) in [5, 5.41) is 3.73. The first-order valence-corrected chi connectivity index (χ1v) is 19.3. The first kappa shape index (κ1) is 27.8. The molecule has 0 saturated carbocycles. The lowest BCUT2D eigenvalue weighted by atomic mass is 9.72. The van der Waals surface area contributed by atoms with Gasteiger partial charge in [-0.3, -0.25) is 0 Å². The van der Waals surface area contributed by atoms with Crippen LogP contribution in [0.15, 0.2) is 143 Å². The van der Waals surface area contributed by atoms with Crippen molar-refractivity contribution in [2.75, 3.05) is 12.3 Å². The number of rotatable bonds is 5. The Morgan fingerprint density at radius 3 is 1.00 bits per heavy atom. The summed E-state index contributed by atoms with van der Waals surface area (Å²) in [4.78, 5) is 0. The van der Waals surface area contributed by atoms with Crippen LogP contribution < -0.4 is 0 Å². The average molecular weight is 611 g/mol. The van der Waals surface area contributed by atoms with E-state index in [1.165, 1.54) is 11.1 Å². The Morgan fingerprint density at radius 2 is 0.705 bits per heavy atom. The van der Waals surface area contributed by atoms with Gasteiger partial charge in [-0.1, -0.05) is 146 Å². The summed E-state index contributed by atoms with van der Waals surface area (Å²) in [7, 11) is -6.31.